The summed E-state index contributed by atoms with van der Waals surface area (Å²) < 4.78 is 1.49. The molecule has 32 heavy (non-hydrogen) atoms. The molecule has 166 valence electrons. The summed E-state index contributed by atoms with van der Waals surface area (Å²) in [5, 5.41) is 3.56. The number of aromatic nitrogens is 3. The third-order valence-electron chi connectivity index (χ3n) is 5.63. The number of nitrogens with one attached hydrogen (secondary N) is 1. The Morgan fingerprint density at radius 2 is 2.00 bits per heavy atom. The highest BCUT2D eigenvalue weighted by molar-refractivity contribution is 7.18. The lowest BCUT2D eigenvalue weighted by Crippen LogP contribution is -2.23. The number of hydrogen-bond donors (Lipinski definition) is 1. The van der Waals surface area contributed by atoms with E-state index in [4.69, 9.17) is 0 Å². The second kappa shape index (κ2) is 10.0. The number of amides is 1. The van der Waals surface area contributed by atoms with Crippen LogP contribution in [-0.4, -0.2) is 26.8 Å². The van der Waals surface area contributed by atoms with Gasteiger partial charge in [0.2, 0.25) is 0 Å². The molecule has 0 saturated carbocycles. The average Bonchev–Trinajstić information content (AvgIpc) is 3.23. The SMILES string of the molecule is CC(C)c1ccc2nc3sc(C(=O)NCCCCCCc4cccnc4)cn3c(=O)c2c1. The lowest BCUT2D eigenvalue weighted by Gasteiger charge is -2.06. The average molecular weight is 449 g/mol. The number of carbonyl (C=O) groups excluding carboxylic acids is 1. The van der Waals surface area contributed by atoms with Crippen LogP contribution in [0.25, 0.3) is 15.9 Å². The zero-order valence-electron chi connectivity index (χ0n) is 18.5. The predicted octanol–water partition coefficient (Wildman–Crippen LogP) is 4.96. The zero-order valence-corrected chi connectivity index (χ0v) is 19.3. The number of benzene rings is 1. The Labute approximate surface area is 191 Å². The van der Waals surface area contributed by atoms with Crippen molar-refractivity contribution in [1.82, 2.24) is 19.7 Å². The van der Waals surface area contributed by atoms with Gasteiger partial charge in [0, 0.05) is 25.1 Å². The van der Waals surface area contributed by atoms with E-state index >= 15 is 0 Å². The largest absolute Gasteiger partial charge is 0.351 e. The van der Waals surface area contributed by atoms with Crippen molar-refractivity contribution in [2.75, 3.05) is 6.54 Å². The van der Waals surface area contributed by atoms with Crippen molar-refractivity contribution in [1.29, 1.82) is 0 Å². The zero-order chi connectivity index (χ0) is 22.5. The fourth-order valence-electron chi connectivity index (χ4n) is 3.73. The van der Waals surface area contributed by atoms with Crippen LogP contribution < -0.4 is 10.9 Å². The molecule has 0 saturated heterocycles. The van der Waals surface area contributed by atoms with Gasteiger partial charge >= 0.3 is 0 Å². The highest BCUT2D eigenvalue weighted by atomic mass is 32.1. The summed E-state index contributed by atoms with van der Waals surface area (Å²) in [4.78, 5) is 35.3. The van der Waals surface area contributed by atoms with Crippen molar-refractivity contribution in [2.45, 2.75) is 51.9 Å². The van der Waals surface area contributed by atoms with E-state index in [-0.39, 0.29) is 11.5 Å². The Bertz CT molecular complexity index is 1280. The third-order valence-corrected chi connectivity index (χ3v) is 6.61. The molecule has 0 aliphatic rings. The second-order valence-corrected chi connectivity index (χ2v) is 9.39. The lowest BCUT2D eigenvalue weighted by molar-refractivity contribution is 0.0956. The number of carbonyl (C=O) groups is 1. The molecule has 0 fully saturated rings. The van der Waals surface area contributed by atoms with Crippen LogP contribution in [0.2, 0.25) is 0 Å². The molecule has 7 heteroatoms. The standard InChI is InChI=1S/C25H28N4O2S/c1-17(2)19-10-11-21-20(14-19)24(31)29-16-22(32-25(29)28-21)23(30)27-13-6-4-3-5-8-18-9-7-12-26-15-18/h7,9-12,14-17H,3-6,8,13H2,1-2H3,(H,27,30). The van der Waals surface area contributed by atoms with E-state index in [0.717, 1.165) is 37.7 Å². The van der Waals surface area contributed by atoms with Crippen LogP contribution in [0.3, 0.4) is 0 Å². The number of thiazole rings is 1. The van der Waals surface area contributed by atoms with Crippen molar-refractivity contribution in [3.05, 3.63) is 75.3 Å². The van der Waals surface area contributed by atoms with Crippen molar-refractivity contribution >= 4 is 33.1 Å². The summed E-state index contributed by atoms with van der Waals surface area (Å²) in [5.41, 5.74) is 2.91. The van der Waals surface area contributed by atoms with Gasteiger partial charge in [-0.3, -0.25) is 19.0 Å². The Balaban J connectivity index is 1.33. The molecule has 1 N–H and O–H groups in total. The first-order valence-corrected chi connectivity index (χ1v) is 12.0. The van der Waals surface area contributed by atoms with E-state index in [9.17, 15) is 9.59 Å². The van der Waals surface area contributed by atoms with Crippen LogP contribution >= 0.6 is 11.3 Å². The van der Waals surface area contributed by atoms with E-state index in [0.29, 0.717) is 33.2 Å². The molecule has 0 atom stereocenters. The van der Waals surface area contributed by atoms with Gasteiger partial charge < -0.3 is 5.32 Å². The third kappa shape index (κ3) is 5.05. The number of nitrogens with zero attached hydrogens (tertiary/aromatic N) is 3. The summed E-state index contributed by atoms with van der Waals surface area (Å²) in [6, 6.07) is 9.87. The molecule has 0 bridgehead atoms. The molecular formula is C25H28N4O2S. The van der Waals surface area contributed by atoms with Gasteiger partial charge in [-0.05, 0) is 54.5 Å². The Hall–Kier alpha value is -3.06. The quantitative estimate of drug-likeness (QED) is 0.367. The molecule has 0 spiro atoms. The maximum Gasteiger partial charge on any atom is 0.266 e. The van der Waals surface area contributed by atoms with Crippen molar-refractivity contribution in [2.24, 2.45) is 0 Å². The number of rotatable bonds is 9. The topological polar surface area (TPSA) is 76.4 Å². The summed E-state index contributed by atoms with van der Waals surface area (Å²) in [6.07, 6.45) is 10.6. The molecule has 0 aliphatic heterocycles. The van der Waals surface area contributed by atoms with Crippen LogP contribution in [-0.2, 0) is 6.42 Å². The van der Waals surface area contributed by atoms with E-state index in [1.165, 1.54) is 21.3 Å². The maximum atomic E-state index is 13.0. The Kier molecular flexibility index (Phi) is 6.95. The van der Waals surface area contributed by atoms with Crippen LogP contribution in [0.5, 0.6) is 0 Å². The van der Waals surface area contributed by atoms with Gasteiger partial charge in [-0.15, -0.1) is 0 Å². The van der Waals surface area contributed by atoms with E-state index in [1.54, 1.807) is 12.4 Å². The number of fused-ring (bicyclic) bond motifs is 2. The summed E-state index contributed by atoms with van der Waals surface area (Å²) >= 11 is 1.25. The lowest BCUT2D eigenvalue weighted by atomic mass is 10.0. The molecule has 0 radical (unpaired) electrons. The molecule has 0 aliphatic carbocycles. The van der Waals surface area contributed by atoms with Gasteiger partial charge in [0.1, 0.15) is 4.88 Å². The van der Waals surface area contributed by atoms with Gasteiger partial charge in [-0.25, -0.2) is 4.98 Å². The van der Waals surface area contributed by atoms with Gasteiger partial charge in [-0.2, -0.15) is 0 Å². The minimum absolute atomic E-state index is 0.128. The molecular weight excluding hydrogens is 420 g/mol. The molecule has 0 unspecified atom stereocenters. The number of aryl methyl sites for hydroxylation is 1. The molecule has 3 aromatic heterocycles. The van der Waals surface area contributed by atoms with Crippen LogP contribution in [0.4, 0.5) is 0 Å². The van der Waals surface area contributed by atoms with Crippen molar-refractivity contribution in [3.63, 3.8) is 0 Å². The number of unbranched alkanes of at least 4 members (excludes halogenated alkanes) is 3. The first-order chi connectivity index (χ1) is 15.5. The summed E-state index contributed by atoms with van der Waals surface area (Å²) in [7, 11) is 0. The predicted molar refractivity (Wildman–Crippen MR) is 130 cm³/mol. The number of hydrogen-bond acceptors (Lipinski definition) is 5. The molecule has 4 aromatic rings. The van der Waals surface area contributed by atoms with Crippen LogP contribution in [0.15, 0.2) is 53.7 Å². The first kappa shape index (κ1) is 22.1. The Morgan fingerprint density at radius 1 is 1.16 bits per heavy atom. The van der Waals surface area contributed by atoms with Crippen molar-refractivity contribution in [3.8, 4) is 0 Å². The minimum atomic E-state index is -0.151. The smallest absolute Gasteiger partial charge is 0.266 e. The highest BCUT2D eigenvalue weighted by Crippen LogP contribution is 2.21. The molecule has 4 rings (SSSR count). The van der Waals surface area contributed by atoms with Gasteiger partial charge in [0.25, 0.3) is 11.5 Å². The maximum absolute atomic E-state index is 13.0. The van der Waals surface area contributed by atoms with Crippen molar-refractivity contribution < 1.29 is 4.79 Å². The van der Waals surface area contributed by atoms with E-state index < -0.39 is 0 Å². The van der Waals surface area contributed by atoms with Crippen LogP contribution in [0.1, 0.15) is 66.2 Å². The highest BCUT2D eigenvalue weighted by Gasteiger charge is 2.14. The van der Waals surface area contributed by atoms with Crippen LogP contribution in [0, 0.1) is 0 Å². The summed E-state index contributed by atoms with van der Waals surface area (Å²) in [6.45, 7) is 4.82. The minimum Gasteiger partial charge on any atom is -0.351 e. The van der Waals surface area contributed by atoms with Gasteiger partial charge in [-0.1, -0.05) is 50.2 Å². The van der Waals surface area contributed by atoms with E-state index in [1.807, 2.05) is 30.5 Å². The normalized spacial score (nSPS) is 11.5. The molecule has 1 aromatic carbocycles. The molecule has 6 nitrogen and oxygen atoms in total. The fraction of sp³-hybridized carbons (Fsp3) is 0.360. The first-order valence-electron chi connectivity index (χ1n) is 11.2. The van der Waals surface area contributed by atoms with Gasteiger partial charge in [0.05, 0.1) is 10.9 Å². The van der Waals surface area contributed by atoms with E-state index in [2.05, 4.69) is 35.2 Å². The second-order valence-electron chi connectivity index (χ2n) is 8.38. The summed E-state index contributed by atoms with van der Waals surface area (Å²) in [5.74, 6) is 0.181. The fourth-order valence-corrected chi connectivity index (χ4v) is 4.63. The monoisotopic (exact) mass is 448 g/mol. The van der Waals surface area contributed by atoms with Gasteiger partial charge in [0.15, 0.2) is 4.96 Å². The number of pyridine rings is 1. The molecule has 1 amide bonds. The molecule has 3 heterocycles. The Morgan fingerprint density at radius 3 is 2.78 bits per heavy atom.